The molecule has 0 spiro atoms. The van der Waals surface area contributed by atoms with Crippen molar-refractivity contribution in [1.29, 1.82) is 0 Å². The van der Waals surface area contributed by atoms with E-state index in [9.17, 15) is 0 Å². The van der Waals surface area contributed by atoms with Gasteiger partial charge in [-0.25, -0.2) is 0 Å². The minimum Gasteiger partial charge on any atom is -0.396 e. The summed E-state index contributed by atoms with van der Waals surface area (Å²) in [5.41, 5.74) is 0. The summed E-state index contributed by atoms with van der Waals surface area (Å²) in [7, 11) is 0. The van der Waals surface area contributed by atoms with Crippen LogP contribution in [0.4, 0.5) is 0 Å². The molecule has 0 aliphatic carbocycles. The summed E-state index contributed by atoms with van der Waals surface area (Å²) in [6, 6.07) is 0. The molecule has 10 heavy (non-hydrogen) atoms. The summed E-state index contributed by atoms with van der Waals surface area (Å²) >= 11 is 0. The van der Waals surface area contributed by atoms with Crippen LogP contribution in [0, 0.1) is 18.8 Å². The van der Waals surface area contributed by atoms with E-state index in [1.807, 2.05) is 6.92 Å². The van der Waals surface area contributed by atoms with Gasteiger partial charge >= 0.3 is 0 Å². The zero-order valence-electron chi connectivity index (χ0n) is 6.75. The largest absolute Gasteiger partial charge is 0.396 e. The van der Waals surface area contributed by atoms with E-state index in [1.54, 1.807) is 6.92 Å². The topological polar surface area (TPSA) is 40.5 Å². The molecule has 61 valence electrons. The highest BCUT2D eigenvalue weighted by molar-refractivity contribution is 4.69. The molecule has 1 radical (unpaired) electrons. The van der Waals surface area contributed by atoms with Crippen LogP contribution in [0.2, 0.25) is 0 Å². The zero-order valence-corrected chi connectivity index (χ0v) is 6.75. The summed E-state index contributed by atoms with van der Waals surface area (Å²) in [6.07, 6.45) is 0.308. The van der Waals surface area contributed by atoms with E-state index in [0.717, 1.165) is 0 Å². The van der Waals surface area contributed by atoms with Gasteiger partial charge in [0.25, 0.3) is 0 Å². The lowest BCUT2D eigenvalue weighted by molar-refractivity contribution is 0.113. The minimum atomic E-state index is -0.332. The van der Waals surface area contributed by atoms with Gasteiger partial charge in [0.15, 0.2) is 0 Å². The maximum atomic E-state index is 8.96. The molecule has 3 unspecified atom stereocenters. The summed E-state index contributed by atoms with van der Waals surface area (Å²) < 4.78 is 0. The van der Waals surface area contributed by atoms with Crippen molar-refractivity contribution in [2.75, 3.05) is 6.61 Å². The predicted molar refractivity (Wildman–Crippen MR) is 41.4 cm³/mol. The van der Waals surface area contributed by atoms with Gasteiger partial charge in [0.1, 0.15) is 0 Å². The van der Waals surface area contributed by atoms with Gasteiger partial charge in [-0.1, -0.05) is 13.8 Å². The Bertz CT molecular complexity index is 79.3. The second-order valence-corrected chi connectivity index (χ2v) is 3.00. The van der Waals surface area contributed by atoms with Crippen LogP contribution in [-0.2, 0) is 0 Å². The molecule has 0 aromatic rings. The lowest BCUT2D eigenvalue weighted by Gasteiger charge is -2.18. The minimum absolute atomic E-state index is 0.121. The zero-order chi connectivity index (χ0) is 8.15. The maximum Gasteiger partial charge on any atom is 0.0515 e. The molecule has 0 heterocycles. The van der Waals surface area contributed by atoms with Crippen molar-refractivity contribution in [1.82, 2.24) is 0 Å². The highest BCUT2D eigenvalue weighted by atomic mass is 16.3. The Hall–Kier alpha value is -0.0800. The van der Waals surface area contributed by atoms with Gasteiger partial charge in [-0.05, 0) is 25.2 Å². The lowest BCUT2D eigenvalue weighted by atomic mass is 9.91. The molecule has 0 saturated carbocycles. The third kappa shape index (κ3) is 3.85. The Labute approximate surface area is 62.9 Å². The number of rotatable bonds is 4. The van der Waals surface area contributed by atoms with E-state index in [0.29, 0.717) is 6.42 Å². The van der Waals surface area contributed by atoms with Gasteiger partial charge < -0.3 is 10.2 Å². The standard InChI is InChI=1S/C8H17O2/c1-6(2)8(5-9)4-7(3)10/h6-10H,1,4-5H2,2-3H3. The molecule has 0 aromatic carbocycles. The highest BCUT2D eigenvalue weighted by Gasteiger charge is 2.13. The Morgan fingerprint density at radius 1 is 1.40 bits per heavy atom. The third-order valence-corrected chi connectivity index (χ3v) is 1.68. The van der Waals surface area contributed by atoms with E-state index in [1.165, 1.54) is 0 Å². The quantitative estimate of drug-likeness (QED) is 0.615. The number of aliphatic hydroxyl groups is 2. The van der Waals surface area contributed by atoms with Crippen LogP contribution in [0.1, 0.15) is 20.3 Å². The van der Waals surface area contributed by atoms with Crippen molar-refractivity contribution in [3.63, 3.8) is 0 Å². The molecule has 0 rings (SSSR count). The molecule has 0 aliphatic heterocycles. The van der Waals surface area contributed by atoms with Crippen LogP contribution in [0.15, 0.2) is 0 Å². The first kappa shape index (κ1) is 9.92. The van der Waals surface area contributed by atoms with Crippen molar-refractivity contribution in [2.24, 2.45) is 11.8 Å². The molecule has 2 heteroatoms. The fourth-order valence-corrected chi connectivity index (χ4v) is 0.925. The summed E-state index contributed by atoms with van der Waals surface area (Å²) in [5, 5.41) is 17.8. The van der Waals surface area contributed by atoms with Crippen molar-refractivity contribution in [3.8, 4) is 0 Å². The second-order valence-electron chi connectivity index (χ2n) is 3.00. The van der Waals surface area contributed by atoms with Gasteiger partial charge in [0, 0.05) is 6.61 Å². The Morgan fingerprint density at radius 2 is 1.90 bits per heavy atom. The number of hydrogen-bond donors (Lipinski definition) is 2. The molecule has 3 atom stereocenters. The fourth-order valence-electron chi connectivity index (χ4n) is 0.925. The Balaban J connectivity index is 3.60. The highest BCUT2D eigenvalue weighted by Crippen LogP contribution is 2.15. The summed E-state index contributed by atoms with van der Waals surface area (Å²) in [5.74, 6) is 0.347. The first-order valence-corrected chi connectivity index (χ1v) is 3.70. The molecule has 0 saturated heterocycles. The molecule has 2 nitrogen and oxygen atoms in total. The molecule has 0 aliphatic rings. The van der Waals surface area contributed by atoms with Crippen LogP contribution in [0.5, 0.6) is 0 Å². The average molecular weight is 145 g/mol. The van der Waals surface area contributed by atoms with Crippen molar-refractivity contribution in [3.05, 3.63) is 6.92 Å². The molecule has 0 aromatic heterocycles. The van der Waals surface area contributed by atoms with Crippen LogP contribution in [-0.4, -0.2) is 22.9 Å². The third-order valence-electron chi connectivity index (χ3n) is 1.68. The van der Waals surface area contributed by atoms with E-state index >= 15 is 0 Å². The number of hydrogen-bond acceptors (Lipinski definition) is 2. The molecule has 0 fully saturated rings. The first-order valence-electron chi connectivity index (χ1n) is 3.70. The van der Waals surface area contributed by atoms with Crippen molar-refractivity contribution in [2.45, 2.75) is 26.4 Å². The maximum absolute atomic E-state index is 8.96. The lowest BCUT2D eigenvalue weighted by Crippen LogP contribution is -2.18. The molecular formula is C8H17O2. The Kier molecular flexibility index (Phi) is 4.65. The SMILES string of the molecule is [CH2]C(C)C(CO)CC(C)O. The van der Waals surface area contributed by atoms with Gasteiger partial charge in [0.2, 0.25) is 0 Å². The molecule has 0 amide bonds. The van der Waals surface area contributed by atoms with Crippen LogP contribution >= 0.6 is 0 Å². The number of aliphatic hydroxyl groups excluding tert-OH is 2. The predicted octanol–water partition coefficient (Wildman–Crippen LogP) is 0.836. The average Bonchev–Trinajstić information content (AvgIpc) is 1.81. The van der Waals surface area contributed by atoms with Crippen molar-refractivity contribution < 1.29 is 10.2 Å². The van der Waals surface area contributed by atoms with Crippen LogP contribution < -0.4 is 0 Å². The van der Waals surface area contributed by atoms with Crippen molar-refractivity contribution >= 4 is 0 Å². The Morgan fingerprint density at radius 3 is 2.00 bits per heavy atom. The van der Waals surface area contributed by atoms with E-state index in [4.69, 9.17) is 10.2 Å². The molecular weight excluding hydrogens is 128 g/mol. The smallest absolute Gasteiger partial charge is 0.0515 e. The fraction of sp³-hybridized carbons (Fsp3) is 0.875. The summed E-state index contributed by atoms with van der Waals surface area (Å²) in [4.78, 5) is 0. The van der Waals surface area contributed by atoms with E-state index < -0.39 is 0 Å². The van der Waals surface area contributed by atoms with Crippen LogP contribution in [0.25, 0.3) is 0 Å². The van der Waals surface area contributed by atoms with E-state index in [-0.39, 0.29) is 24.5 Å². The second kappa shape index (κ2) is 4.69. The van der Waals surface area contributed by atoms with E-state index in [2.05, 4.69) is 6.92 Å². The molecule has 2 N–H and O–H groups in total. The molecule has 0 bridgehead atoms. The van der Waals surface area contributed by atoms with Gasteiger partial charge in [-0.3, -0.25) is 0 Å². The van der Waals surface area contributed by atoms with Gasteiger partial charge in [0.05, 0.1) is 6.10 Å². The summed E-state index contributed by atoms with van der Waals surface area (Å²) in [6.45, 7) is 7.59. The normalized spacial score (nSPS) is 17.4. The monoisotopic (exact) mass is 145 g/mol. The van der Waals surface area contributed by atoms with Crippen LogP contribution in [0.3, 0.4) is 0 Å². The first-order chi connectivity index (χ1) is 4.57. The van der Waals surface area contributed by atoms with Gasteiger partial charge in [-0.15, -0.1) is 0 Å². The van der Waals surface area contributed by atoms with Gasteiger partial charge in [-0.2, -0.15) is 0 Å².